The zero-order valence-corrected chi connectivity index (χ0v) is 87.3. The van der Waals surface area contributed by atoms with Gasteiger partial charge in [0, 0.05) is 86.0 Å². The molecule has 24 heteroatoms. The van der Waals surface area contributed by atoms with Crippen LogP contribution in [0, 0.1) is 36.4 Å². The number of oxazole rings is 3. The second-order valence-corrected chi connectivity index (χ2v) is 40.5. The summed E-state index contributed by atoms with van der Waals surface area (Å²) in [7, 11) is 0. The van der Waals surface area contributed by atoms with Crippen LogP contribution in [-0.4, -0.2) is 63.7 Å². The topological polar surface area (TPSA) is 187 Å². The third-order valence-corrected chi connectivity index (χ3v) is 28.6. The second-order valence-electron chi connectivity index (χ2n) is 40.5. The molecule has 0 atom stereocenters. The molecular weight excluding hydrogens is 2350 g/mol. The van der Waals surface area contributed by atoms with Gasteiger partial charge < -0.3 is 55.4 Å². The van der Waals surface area contributed by atoms with Crippen molar-refractivity contribution in [3.63, 3.8) is 0 Å². The molecule has 146 heavy (non-hydrogen) atoms. The molecule has 0 aliphatic carbocycles. The summed E-state index contributed by atoms with van der Waals surface area (Å²) in [6, 6.07) is 119. The summed E-state index contributed by atoms with van der Waals surface area (Å²) in [5, 5.41) is 6.52. The number of benzene rings is 15. The summed E-state index contributed by atoms with van der Waals surface area (Å²) in [5.74, 6) is 13.4. The van der Waals surface area contributed by atoms with Gasteiger partial charge in [-0.05, 0) is 188 Å². The molecule has 6 aliphatic rings. The van der Waals surface area contributed by atoms with E-state index >= 15 is 0 Å². The van der Waals surface area contributed by atoms with Gasteiger partial charge >= 0.3 is 63.2 Å². The molecule has 9 aromatic heterocycles. The molecule has 0 N–H and O–H groups in total. The Morgan fingerprint density at radius 3 is 0.959 bits per heavy atom. The number of nitrogens with zero attached hydrogens (tertiary/aromatic N) is 9. The first kappa shape index (κ1) is 91.8. The molecule has 0 unspecified atom stereocenters. The van der Waals surface area contributed by atoms with E-state index in [-0.39, 0.29) is 99.6 Å². The molecule has 0 saturated heterocycles. The Morgan fingerprint density at radius 2 is 0.589 bits per heavy atom. The molecule has 15 heterocycles. The SMILES string of the molecule is CC(C)(C)c1ccnc(-n2c3[c-]c4c(cc3c3ccccc32)Oc2cc(C(C)(C)C)cc3c2B4c2[c-]c(-c4nc5ccccc5o4)ccc2O3)c1.CC(C)(C)c1ccnc(-n2c3[c-]c4c(cc3c3ccccc32)Oc2cccc3c2B4c2[c-]c(-c4nc5ccccc5o4)ccc2O3)c1.CCc1cc2c3c(c1)Oc1cc4c5ccccc5n(-c5ccccn5)c4[c-]c1B3c1[c-]c(-c3nc4ccccc4o3)ccc1O2.[Pt+2].[Pt+2].[Pt+2]. The number of fused-ring (bicyclic) bond motifs is 24. The van der Waals surface area contributed by atoms with Crippen molar-refractivity contribution in [2.24, 2.45) is 0 Å². The summed E-state index contributed by atoms with van der Waals surface area (Å²) in [4.78, 5) is 28.8. The monoisotopic (exact) mass is 2430 g/mol. The van der Waals surface area contributed by atoms with E-state index in [1.165, 1.54) is 11.1 Å². The van der Waals surface area contributed by atoms with Crippen molar-refractivity contribution in [3.8, 4) is 121 Å². The first-order valence-electron chi connectivity index (χ1n) is 48.3. The molecule has 18 nitrogen and oxygen atoms in total. The quantitative estimate of drug-likeness (QED) is 0.108. The van der Waals surface area contributed by atoms with E-state index in [4.69, 9.17) is 71.6 Å². The third-order valence-electron chi connectivity index (χ3n) is 28.6. The van der Waals surface area contributed by atoms with Gasteiger partial charge in [-0.15, -0.1) is 106 Å². The van der Waals surface area contributed by atoms with Crippen LogP contribution in [0.3, 0.4) is 0 Å². The van der Waals surface area contributed by atoms with Crippen LogP contribution in [0.4, 0.5) is 0 Å². The van der Waals surface area contributed by atoms with Crippen LogP contribution in [0.5, 0.6) is 69.0 Å². The first-order valence-corrected chi connectivity index (χ1v) is 48.3. The first-order chi connectivity index (χ1) is 69.6. The van der Waals surface area contributed by atoms with Crippen LogP contribution in [-0.2, 0) is 85.9 Å². The van der Waals surface area contributed by atoms with Gasteiger partial charge in [0.1, 0.15) is 86.4 Å². The largest absolute Gasteiger partial charge is 2.00 e. The Bertz CT molecular complexity index is 9480. The van der Waals surface area contributed by atoms with Crippen LogP contribution in [0.25, 0.3) is 151 Å². The molecule has 24 aromatic rings. The average molecular weight is 2440 g/mol. The zero-order valence-electron chi connectivity index (χ0n) is 80.5. The minimum absolute atomic E-state index is 0. The molecule has 30 rings (SSSR count). The van der Waals surface area contributed by atoms with Crippen molar-refractivity contribution in [1.29, 1.82) is 0 Å². The van der Waals surface area contributed by atoms with E-state index < -0.39 is 0 Å². The van der Waals surface area contributed by atoms with Gasteiger partial charge in [0.15, 0.2) is 0 Å². The van der Waals surface area contributed by atoms with Crippen LogP contribution < -0.4 is 77.6 Å². The van der Waals surface area contributed by atoms with E-state index in [1.807, 2.05) is 164 Å². The van der Waals surface area contributed by atoms with Gasteiger partial charge in [0.05, 0.1) is 16.6 Å². The Morgan fingerprint density at radius 1 is 0.267 bits per heavy atom. The van der Waals surface area contributed by atoms with Crippen LogP contribution in [0.2, 0.25) is 0 Å². The van der Waals surface area contributed by atoms with Gasteiger partial charge in [-0.1, -0.05) is 222 Å². The summed E-state index contributed by atoms with van der Waals surface area (Å²) in [6.45, 7) is 21.4. The molecule has 0 bridgehead atoms. The van der Waals surface area contributed by atoms with Crippen LogP contribution in [0.15, 0.2) is 317 Å². The number of hydrogen-bond donors (Lipinski definition) is 0. The van der Waals surface area contributed by atoms with E-state index in [0.29, 0.717) is 17.7 Å². The number of para-hydroxylation sites is 9. The number of rotatable bonds is 7. The Kier molecular flexibility index (Phi) is 21.8. The van der Waals surface area contributed by atoms with Gasteiger partial charge in [0.25, 0.3) is 0 Å². The van der Waals surface area contributed by atoms with Crippen LogP contribution >= 0.6 is 0 Å². The summed E-state index contributed by atoms with van der Waals surface area (Å²) >= 11 is 0. The maximum Gasteiger partial charge on any atom is 2.00 e. The standard InChI is InChI=1S/C44H34BN3O3.C40H26BN3O3.C38H22BN3O3.3Pt/c1-43(2,3)26-17-18-46-40(22-26)48-33-13-9-7-11-28(33)29-23-37-31(24-34(29)48)45-30-19-25(42-47-32-12-8-10-14-36(32)51-42)15-16-35(30)49-38-20-27(44(4,5)6)21-39(50-37)41(38)45;1-40(2,3)24-17-18-42-37(20-24)44-30-11-6-4-9-25(30)26-21-36-28(22-31(26)44)41-27-19-23(39-43-29-10-5-7-12-33(29)47-39)15-16-32(27)45-34-13-8-14-35(46-36)38(34)41;1-2-22-17-34-37-35(18-22)44-33-20-25-24-9-3-5-11-29(24)42(36-13-7-8-16-40-36)30(25)21-27(33)39(37)26-19-23(14-15-31(26)43-34)38-41-28-10-4-6-12-32(28)45-38;;;/h7-18,20-23H,1-6H3;4-18,20-21H,1-3H3;3-18,20H,2H2,1H3;;;/q3*-2;3*+2. The molecule has 708 valence electrons. The molecule has 0 fully saturated rings. The zero-order chi connectivity index (χ0) is 95.9. The second kappa shape index (κ2) is 34.7. The Hall–Kier alpha value is -15.4. The summed E-state index contributed by atoms with van der Waals surface area (Å²) in [6.07, 6.45) is 6.49. The van der Waals surface area contributed by atoms with E-state index in [0.717, 1.165) is 269 Å². The molecular formula is C122H82B3N9O9Pt3. The maximum absolute atomic E-state index is 6.88. The van der Waals surface area contributed by atoms with E-state index in [1.54, 1.807) is 0 Å². The minimum atomic E-state index is -0.259. The normalized spacial score (nSPS) is 13.0. The van der Waals surface area contributed by atoms with E-state index in [2.05, 4.69) is 259 Å². The number of aromatic nitrogens is 9. The maximum atomic E-state index is 6.88. The van der Waals surface area contributed by atoms with Crippen molar-refractivity contribution in [1.82, 2.24) is 43.6 Å². The fourth-order valence-electron chi connectivity index (χ4n) is 21.4. The fraction of sp³-hybridized carbons (Fsp3) is 0.115. The van der Waals surface area contributed by atoms with Crippen molar-refractivity contribution >= 4 is 168 Å². The summed E-state index contributed by atoms with van der Waals surface area (Å²) < 4.78 is 65.2. The molecule has 0 radical (unpaired) electrons. The van der Waals surface area contributed by atoms with Crippen molar-refractivity contribution in [2.45, 2.75) is 91.9 Å². The Labute approximate surface area is 884 Å². The number of hydrogen-bond acceptors (Lipinski definition) is 15. The van der Waals surface area contributed by atoms with Gasteiger partial charge in [-0.3, -0.25) is 15.0 Å². The number of pyridine rings is 3. The fourth-order valence-corrected chi connectivity index (χ4v) is 21.4. The third kappa shape index (κ3) is 14.8. The molecule has 0 amide bonds. The number of aryl methyl sites for hydroxylation is 1. The van der Waals surface area contributed by atoms with Crippen LogP contribution in [0.1, 0.15) is 91.5 Å². The number of ether oxygens (including phenoxy) is 6. The molecule has 0 saturated carbocycles. The Balaban J connectivity index is 0.000000113. The molecule has 0 spiro atoms. The van der Waals surface area contributed by atoms with Crippen molar-refractivity contribution in [2.75, 3.05) is 0 Å². The van der Waals surface area contributed by atoms with Gasteiger partial charge in [-0.2, -0.15) is 18.2 Å². The summed E-state index contributed by atoms with van der Waals surface area (Å²) in [5.41, 5.74) is 25.8. The predicted molar refractivity (Wildman–Crippen MR) is 566 cm³/mol. The predicted octanol–water partition coefficient (Wildman–Crippen LogP) is 23.4. The van der Waals surface area contributed by atoms with Gasteiger partial charge in [0.2, 0.25) is 20.1 Å². The molecule has 6 aliphatic heterocycles. The smallest absolute Gasteiger partial charge is 0.518 e. The minimum Gasteiger partial charge on any atom is -0.518 e. The van der Waals surface area contributed by atoms with Gasteiger partial charge in [-0.25, -0.2) is 15.0 Å². The van der Waals surface area contributed by atoms with Crippen molar-refractivity contribution < 1.29 is 105 Å². The average Bonchev–Trinajstić information content (AvgIpc) is 1.40. The molecule has 15 aromatic carbocycles. The van der Waals surface area contributed by atoms with E-state index in [9.17, 15) is 0 Å². The van der Waals surface area contributed by atoms with Crippen molar-refractivity contribution in [3.05, 3.63) is 362 Å².